The molecule has 7 aromatic rings. The van der Waals surface area contributed by atoms with Crippen molar-refractivity contribution in [3.63, 3.8) is 0 Å². The van der Waals surface area contributed by atoms with Crippen LogP contribution in [0.15, 0.2) is 93.6 Å². The summed E-state index contributed by atoms with van der Waals surface area (Å²) in [5, 5.41) is 49.7. The molecule has 15 N–H and O–H groups in total. The van der Waals surface area contributed by atoms with E-state index >= 15 is 0 Å². The highest BCUT2D eigenvalue weighted by atomic mass is 79.9. The number of halogens is 4. The van der Waals surface area contributed by atoms with Crippen LogP contribution in [0.25, 0.3) is 0 Å². The Morgan fingerprint density at radius 2 is 1.38 bits per heavy atom. The first-order valence-electron chi connectivity index (χ1n) is 22.5. The number of nitriles is 2. The van der Waals surface area contributed by atoms with Crippen LogP contribution in [-0.2, 0) is 30.0 Å². The first-order chi connectivity index (χ1) is 36.2. The quantitative estimate of drug-likeness (QED) is 0.0747. The molecule has 0 spiro atoms. The summed E-state index contributed by atoms with van der Waals surface area (Å²) in [6.45, 7) is 8.68. The summed E-state index contributed by atoms with van der Waals surface area (Å²) in [6.07, 6.45) is 1.68. The van der Waals surface area contributed by atoms with Crippen molar-refractivity contribution >= 4 is 71.8 Å². The molecule has 0 fully saturated rings. The van der Waals surface area contributed by atoms with Crippen molar-refractivity contribution in [2.75, 3.05) is 69.3 Å². The zero-order valence-corrected chi connectivity index (χ0v) is 46.6. The smallest absolute Gasteiger partial charge is 0.296 e. The summed E-state index contributed by atoms with van der Waals surface area (Å²) in [5.74, 6) is -1.86. The number of aromatic hydroxyl groups is 1. The molecule has 26 heteroatoms. The third kappa shape index (κ3) is 21.6. The number of hydrogen-bond donors (Lipinski definition) is 10. The predicted molar refractivity (Wildman–Crippen MR) is 300 cm³/mol. The second kappa shape index (κ2) is 34.7. The number of nitrogens with two attached hydrogens (primary N) is 5. The van der Waals surface area contributed by atoms with Crippen LogP contribution in [0.2, 0.25) is 0 Å². The Labute approximate surface area is 456 Å². The van der Waals surface area contributed by atoms with Crippen molar-refractivity contribution in [3.8, 4) is 17.9 Å². The molecule has 0 aliphatic carbocycles. The number of benzene rings is 4. The van der Waals surface area contributed by atoms with Crippen molar-refractivity contribution in [1.29, 1.82) is 10.5 Å². The number of carbonyl (C=O) groups is 1. The zero-order chi connectivity index (χ0) is 57.5. The van der Waals surface area contributed by atoms with Crippen LogP contribution in [0.4, 0.5) is 40.5 Å². The SMILES string of the molecule is CN.CN.CNc1cc(C)ccc1CNC(=O)c1nc2n(c(=O)c1O)CCOC2(C)C.CNc1cc(F)ccc1C#N.CNc1cc(F)ccc1CN.Cc1nnc(N)s1.N#Cc1ccc(F)cc1Br.Nc1nccs1. The second-order valence-electron chi connectivity index (χ2n) is 15.1. The summed E-state index contributed by atoms with van der Waals surface area (Å²) in [5.41, 5.74) is 29.1. The first kappa shape index (κ1) is 66.3. The minimum Gasteiger partial charge on any atom is -0.501 e. The lowest BCUT2D eigenvalue weighted by atomic mass is 10.1. The molecule has 0 radical (unpaired) electrons. The van der Waals surface area contributed by atoms with E-state index in [0.717, 1.165) is 33.1 Å². The maximum Gasteiger partial charge on any atom is 0.296 e. The molecule has 4 heterocycles. The maximum atomic E-state index is 12.6. The molecule has 0 bridgehead atoms. The van der Waals surface area contributed by atoms with Crippen molar-refractivity contribution in [3.05, 3.63) is 161 Å². The van der Waals surface area contributed by atoms with Gasteiger partial charge in [-0.05, 0) is 129 Å². The molecular formula is C50H64BrF3N16O4S2. The van der Waals surface area contributed by atoms with E-state index in [1.54, 1.807) is 47.3 Å². The molecule has 4 aromatic carbocycles. The van der Waals surface area contributed by atoms with Gasteiger partial charge in [0.25, 0.3) is 11.5 Å². The minimum atomic E-state index is -0.823. The minimum absolute atomic E-state index is 0.231. The Balaban J connectivity index is 0.000000492. The summed E-state index contributed by atoms with van der Waals surface area (Å²) in [7, 11) is 8.20. The van der Waals surface area contributed by atoms with E-state index in [1.165, 1.54) is 89.9 Å². The van der Waals surface area contributed by atoms with Gasteiger partial charge < -0.3 is 59.8 Å². The van der Waals surface area contributed by atoms with E-state index in [-0.39, 0.29) is 36.2 Å². The number of aromatic nitrogens is 5. The monoisotopic (exact) mass is 1150 g/mol. The molecule has 76 heavy (non-hydrogen) atoms. The molecule has 0 unspecified atom stereocenters. The first-order valence-corrected chi connectivity index (χ1v) is 25.0. The number of anilines is 5. The summed E-state index contributed by atoms with van der Waals surface area (Å²) in [6, 6.07) is 22.2. The molecule has 0 saturated carbocycles. The van der Waals surface area contributed by atoms with Gasteiger partial charge in [-0.1, -0.05) is 29.5 Å². The number of nitrogen functional groups attached to an aromatic ring is 2. The number of ether oxygens (including phenoxy) is 1. The van der Waals surface area contributed by atoms with Gasteiger partial charge in [-0.15, -0.1) is 21.5 Å². The number of aryl methyl sites for hydroxylation is 2. The van der Waals surface area contributed by atoms with Crippen LogP contribution < -0.4 is 55.5 Å². The van der Waals surface area contributed by atoms with Gasteiger partial charge >= 0.3 is 0 Å². The van der Waals surface area contributed by atoms with Crippen molar-refractivity contribution in [1.82, 2.24) is 30.0 Å². The molecular weight excluding hydrogens is 1090 g/mol. The van der Waals surface area contributed by atoms with Gasteiger partial charge in [0, 0.05) is 61.7 Å². The summed E-state index contributed by atoms with van der Waals surface area (Å²) in [4.78, 5) is 33.0. The number of nitrogens with zero attached hydrogens (tertiary/aromatic N) is 7. The fraction of sp³-hybridized carbons (Fsp3) is 0.280. The number of fused-ring (bicyclic) bond motifs is 1. The molecule has 1 amide bonds. The Morgan fingerprint density at radius 1 is 0.829 bits per heavy atom. The van der Waals surface area contributed by atoms with Crippen molar-refractivity contribution in [2.45, 2.75) is 52.9 Å². The number of rotatable bonds is 7. The third-order valence-electron chi connectivity index (χ3n) is 9.63. The second-order valence-corrected chi connectivity index (χ2v) is 18.1. The van der Waals surface area contributed by atoms with E-state index in [0.29, 0.717) is 50.5 Å². The van der Waals surface area contributed by atoms with E-state index in [9.17, 15) is 27.9 Å². The summed E-state index contributed by atoms with van der Waals surface area (Å²) < 4.78 is 45.0. The van der Waals surface area contributed by atoms with Crippen LogP contribution in [-0.4, -0.2) is 77.6 Å². The lowest BCUT2D eigenvalue weighted by Crippen LogP contribution is -2.42. The zero-order valence-electron chi connectivity index (χ0n) is 43.4. The van der Waals surface area contributed by atoms with E-state index < -0.39 is 22.8 Å². The highest BCUT2D eigenvalue weighted by Crippen LogP contribution is 2.28. The van der Waals surface area contributed by atoms with Gasteiger partial charge in [-0.25, -0.2) is 23.1 Å². The lowest BCUT2D eigenvalue weighted by molar-refractivity contribution is -0.0566. The Hall–Kier alpha value is -7.69. The van der Waals surface area contributed by atoms with Crippen LogP contribution >= 0.6 is 38.6 Å². The van der Waals surface area contributed by atoms with Crippen LogP contribution in [0, 0.1) is 54.0 Å². The molecule has 20 nitrogen and oxygen atoms in total. The third-order valence-corrected chi connectivity index (χ3v) is 11.6. The number of hydrogen-bond acceptors (Lipinski definition) is 20. The van der Waals surface area contributed by atoms with Crippen LogP contribution in [0.1, 0.15) is 63.0 Å². The number of nitrogens with one attached hydrogen (secondary N) is 4. The van der Waals surface area contributed by atoms with E-state index in [4.69, 9.17) is 32.5 Å². The number of thiazole rings is 1. The van der Waals surface area contributed by atoms with Gasteiger partial charge in [0.05, 0.1) is 30.0 Å². The van der Waals surface area contributed by atoms with E-state index in [1.807, 2.05) is 49.6 Å². The number of carbonyl (C=O) groups excluding carboxylic acids is 1. The Morgan fingerprint density at radius 3 is 1.86 bits per heavy atom. The van der Waals surface area contributed by atoms with E-state index in [2.05, 4.69) is 68.8 Å². The van der Waals surface area contributed by atoms with Crippen LogP contribution in [0.3, 0.4) is 0 Å². The molecule has 8 rings (SSSR count). The topological polar surface area (TPSA) is 346 Å². The van der Waals surface area contributed by atoms with Gasteiger partial charge in [-0.2, -0.15) is 10.5 Å². The Bertz CT molecular complexity index is 3020. The van der Waals surface area contributed by atoms with Gasteiger partial charge in [0.2, 0.25) is 10.9 Å². The largest absolute Gasteiger partial charge is 0.501 e. The average Bonchev–Trinajstić information content (AvgIpc) is 4.07. The van der Waals surface area contributed by atoms with Gasteiger partial charge in [-0.3, -0.25) is 14.2 Å². The van der Waals surface area contributed by atoms with Crippen LogP contribution in [0.5, 0.6) is 5.75 Å². The fourth-order valence-electron chi connectivity index (χ4n) is 6.07. The summed E-state index contributed by atoms with van der Waals surface area (Å²) >= 11 is 5.89. The highest BCUT2D eigenvalue weighted by Gasteiger charge is 2.34. The van der Waals surface area contributed by atoms with Crippen molar-refractivity contribution < 1.29 is 27.8 Å². The highest BCUT2D eigenvalue weighted by molar-refractivity contribution is 9.10. The number of amides is 1. The lowest BCUT2D eigenvalue weighted by Gasteiger charge is -2.32. The molecule has 408 valence electrons. The predicted octanol–water partition coefficient (Wildman–Crippen LogP) is 7.32. The molecule has 3 aromatic heterocycles. The molecule has 0 saturated heterocycles. The van der Waals surface area contributed by atoms with Gasteiger partial charge in [0.1, 0.15) is 46.0 Å². The maximum absolute atomic E-state index is 12.6. The normalized spacial score (nSPS) is 10.9. The molecule has 1 aliphatic heterocycles. The standard InChI is InChI=1S/C19H24N4O4.C8H11FN2.C8H7FN2.C7H3BrFN.C3H5N3S.C3H4N2S.2CH5N/c1-11-5-6-12(13(9-11)20-4)10-21-16(25)14-15(24)17(26)23-7-8-27-19(2,3)18(23)22-14;2*1-11-8-4-7(9)3-2-6(8)5-10;8-7-3-6(9)2-1-5(7)4-10;1-2-5-6-3(4)7-2;4-3-5-1-2-6-3;2*1-2/h5-6,9,20,24H,7-8,10H2,1-4H3,(H,21,25);2-4,11H,5,10H2,1H3;2-4,11H,1H3;1-3H;1H3,(H2,4,6);1-2H,(H2,4,5);2*2H2,1H3. The average molecular weight is 1150 g/mol. The Kier molecular flexibility index (Phi) is 30.3. The van der Waals surface area contributed by atoms with Crippen molar-refractivity contribution in [2.24, 2.45) is 17.2 Å². The van der Waals surface area contributed by atoms with Gasteiger partial charge in [0.15, 0.2) is 10.8 Å². The fourth-order valence-corrected chi connectivity index (χ4v) is 7.36. The molecule has 1 aliphatic rings. The molecule has 0 atom stereocenters.